The van der Waals surface area contributed by atoms with Crippen molar-refractivity contribution < 1.29 is 77.0 Å². The second kappa shape index (κ2) is 23.0. The average molecular weight is 927 g/mol. The van der Waals surface area contributed by atoms with Gasteiger partial charge in [-0.15, -0.1) is 0 Å². The van der Waals surface area contributed by atoms with E-state index in [0.717, 1.165) is 86.5 Å². The highest BCUT2D eigenvalue weighted by Gasteiger charge is 2.21. The van der Waals surface area contributed by atoms with Gasteiger partial charge in [0.25, 0.3) is 0 Å². The molecule has 12 N–H and O–H groups in total. The second-order valence-electron chi connectivity index (χ2n) is 12.0. The summed E-state index contributed by atoms with van der Waals surface area (Å²) >= 11 is 12.3. The van der Waals surface area contributed by atoms with E-state index in [-0.39, 0.29) is 0 Å². The maximum absolute atomic E-state index is 8.88. The lowest BCUT2D eigenvalue weighted by Gasteiger charge is -2.38. The third kappa shape index (κ3) is 23.8. The van der Waals surface area contributed by atoms with Crippen molar-refractivity contribution in [2.45, 2.75) is 6.42 Å². The van der Waals surface area contributed by atoms with Crippen LogP contribution in [0.3, 0.4) is 0 Å². The van der Waals surface area contributed by atoms with Crippen LogP contribution in [0.15, 0.2) is 60.9 Å². The van der Waals surface area contributed by atoms with Crippen molar-refractivity contribution in [1.29, 1.82) is 0 Å². The summed E-state index contributed by atoms with van der Waals surface area (Å²) in [6.45, 7) is 10.9. The topological polar surface area (TPSA) is 350 Å². The molecule has 0 unspecified atom stereocenters. The van der Waals surface area contributed by atoms with Crippen LogP contribution in [0.25, 0.3) is 21.8 Å². The molecule has 2 aromatic carbocycles. The van der Waals surface area contributed by atoms with E-state index in [2.05, 4.69) is 53.8 Å². The Morgan fingerprint density at radius 2 is 0.754 bits per heavy atom. The molecule has 0 aliphatic carbocycles. The Morgan fingerprint density at radius 1 is 0.474 bits per heavy atom. The SMILES string of the molecule is Clc1ccc2c(N3CCN(CCCN4CCN(c5ccnc6cc(Cl)ccc56)CC4)CC3)ccnc2c1.O=P(O)(O)O.O=P(O)(O)O.O=P(O)(O)O.O=P(O)(O)O. The smallest absolute Gasteiger partial charge is 0.368 e. The average Bonchev–Trinajstić information content (AvgIpc) is 3.05. The molecule has 2 fully saturated rings. The first-order chi connectivity index (χ1) is 26.1. The Hall–Kier alpha value is -2.20. The summed E-state index contributed by atoms with van der Waals surface area (Å²) in [5.41, 5.74) is 4.47. The molecule has 2 aliphatic rings. The van der Waals surface area contributed by atoms with Gasteiger partial charge in [-0.05, 0) is 68.0 Å². The number of fused-ring (bicyclic) bond motifs is 2. The lowest BCUT2D eigenvalue weighted by Crippen LogP contribution is -2.48. The number of piperazine rings is 2. The summed E-state index contributed by atoms with van der Waals surface area (Å²) < 4.78 is 35.5. The fourth-order valence-corrected chi connectivity index (χ4v) is 6.04. The number of phosphoric acid groups is 4. The maximum Gasteiger partial charge on any atom is 0.466 e. The zero-order valence-electron chi connectivity index (χ0n) is 29.8. The van der Waals surface area contributed by atoms with Gasteiger partial charge in [-0.2, -0.15) is 0 Å². The highest BCUT2D eigenvalue weighted by atomic mass is 35.5. The van der Waals surface area contributed by atoms with E-state index in [4.69, 9.17) is 100 Å². The van der Waals surface area contributed by atoms with Crippen molar-refractivity contribution in [3.05, 3.63) is 71.0 Å². The van der Waals surface area contributed by atoms with Gasteiger partial charge in [-0.1, -0.05) is 23.2 Å². The van der Waals surface area contributed by atoms with Crippen LogP contribution >= 0.6 is 54.5 Å². The molecule has 0 spiro atoms. The molecule has 6 rings (SSSR count). The minimum atomic E-state index is -4.64. The predicted molar refractivity (Wildman–Crippen MR) is 212 cm³/mol. The van der Waals surface area contributed by atoms with Crippen LogP contribution in [0.2, 0.25) is 10.0 Å². The van der Waals surface area contributed by atoms with Crippen LogP contribution in [0.1, 0.15) is 6.42 Å². The summed E-state index contributed by atoms with van der Waals surface area (Å²) in [5, 5.41) is 3.84. The predicted octanol–water partition coefficient (Wildman–Crippen LogP) is 1.71. The van der Waals surface area contributed by atoms with Crippen molar-refractivity contribution in [3.63, 3.8) is 0 Å². The summed E-state index contributed by atoms with van der Waals surface area (Å²) in [5.74, 6) is 0. The lowest BCUT2D eigenvalue weighted by atomic mass is 10.1. The molecule has 28 heteroatoms. The molecular formula is C29H44Cl2N6O16P4. The molecular weight excluding hydrogens is 883 g/mol. The fourth-order valence-electron chi connectivity index (χ4n) is 5.71. The van der Waals surface area contributed by atoms with Gasteiger partial charge >= 0.3 is 31.3 Å². The highest BCUT2D eigenvalue weighted by molar-refractivity contribution is 7.45. The number of hydrogen-bond donors (Lipinski definition) is 12. The summed E-state index contributed by atoms with van der Waals surface area (Å²) in [6, 6.07) is 16.3. The minimum Gasteiger partial charge on any atom is -0.368 e. The first kappa shape index (κ1) is 50.9. The Kier molecular flexibility index (Phi) is 20.5. The van der Waals surface area contributed by atoms with Gasteiger partial charge < -0.3 is 68.5 Å². The number of rotatable bonds is 6. The van der Waals surface area contributed by atoms with Gasteiger partial charge in [-0.25, -0.2) is 18.3 Å². The summed E-state index contributed by atoms with van der Waals surface area (Å²) in [4.78, 5) is 105. The van der Waals surface area contributed by atoms with E-state index in [1.165, 1.54) is 28.6 Å². The molecule has 2 aliphatic heterocycles. The Morgan fingerprint density at radius 3 is 1.04 bits per heavy atom. The van der Waals surface area contributed by atoms with Crippen molar-refractivity contribution in [3.8, 4) is 0 Å². The number of aromatic nitrogens is 2. The normalized spacial score (nSPS) is 15.6. The molecule has 2 saturated heterocycles. The van der Waals surface area contributed by atoms with Crippen LogP contribution in [0, 0.1) is 0 Å². The first-order valence-electron chi connectivity index (χ1n) is 16.3. The largest absolute Gasteiger partial charge is 0.466 e. The van der Waals surface area contributed by atoms with Gasteiger partial charge in [-0.3, -0.25) is 19.8 Å². The first-order valence-corrected chi connectivity index (χ1v) is 23.3. The third-order valence-corrected chi connectivity index (χ3v) is 8.21. The number of anilines is 2. The molecule has 0 saturated carbocycles. The molecule has 4 heterocycles. The molecule has 57 heavy (non-hydrogen) atoms. The molecule has 0 bridgehead atoms. The van der Waals surface area contributed by atoms with Crippen molar-refractivity contribution >= 4 is 87.7 Å². The van der Waals surface area contributed by atoms with E-state index in [1.807, 2.05) is 36.7 Å². The lowest BCUT2D eigenvalue weighted by molar-refractivity contribution is 0.213. The quantitative estimate of drug-likeness (QED) is 0.122. The summed E-state index contributed by atoms with van der Waals surface area (Å²) in [6.07, 6.45) is 5.01. The van der Waals surface area contributed by atoms with Gasteiger partial charge in [0.15, 0.2) is 0 Å². The van der Waals surface area contributed by atoms with E-state index in [9.17, 15) is 0 Å². The van der Waals surface area contributed by atoms with E-state index >= 15 is 0 Å². The Labute approximate surface area is 336 Å². The number of hydrogen-bond acceptors (Lipinski definition) is 10. The zero-order chi connectivity index (χ0) is 43.2. The molecule has 320 valence electrons. The monoisotopic (exact) mass is 926 g/mol. The third-order valence-electron chi connectivity index (χ3n) is 7.74. The number of pyridine rings is 2. The minimum absolute atomic E-state index is 0.736. The molecule has 22 nitrogen and oxygen atoms in total. The van der Waals surface area contributed by atoms with Crippen LogP contribution in [-0.4, -0.2) is 144 Å². The molecule has 0 radical (unpaired) electrons. The van der Waals surface area contributed by atoms with Gasteiger partial charge in [0.2, 0.25) is 0 Å². The van der Waals surface area contributed by atoms with Crippen molar-refractivity contribution in [2.75, 3.05) is 75.2 Å². The van der Waals surface area contributed by atoms with Gasteiger partial charge in [0, 0.05) is 96.9 Å². The number of nitrogens with zero attached hydrogens (tertiary/aromatic N) is 6. The maximum atomic E-state index is 8.88. The highest BCUT2D eigenvalue weighted by Crippen LogP contribution is 2.31. The van der Waals surface area contributed by atoms with Crippen LogP contribution in [-0.2, 0) is 18.3 Å². The molecule has 0 atom stereocenters. The standard InChI is InChI=1S/C29H32Cl2N6.4H3O4P/c30-22-2-4-24-26(20-22)32-8-6-28(24)36-16-12-34(13-17-36)10-1-11-35-14-18-37(19-15-35)29-7-9-33-27-21-23(31)3-5-25(27)29;4*1-5(2,3)4/h2-9,20-21H,1,10-19H2;4*(H3,1,2,3,4). The Bertz CT molecular complexity index is 1850. The molecule has 4 aromatic rings. The van der Waals surface area contributed by atoms with Crippen LogP contribution < -0.4 is 9.80 Å². The van der Waals surface area contributed by atoms with Crippen LogP contribution in [0.5, 0.6) is 0 Å². The number of benzene rings is 2. The van der Waals surface area contributed by atoms with E-state index in [0.29, 0.717) is 0 Å². The number of halogens is 2. The van der Waals surface area contributed by atoms with Crippen LogP contribution in [0.4, 0.5) is 11.4 Å². The fraction of sp³-hybridized carbons (Fsp3) is 0.379. The van der Waals surface area contributed by atoms with Gasteiger partial charge in [0.05, 0.1) is 11.0 Å². The molecule has 0 amide bonds. The van der Waals surface area contributed by atoms with Gasteiger partial charge in [0.1, 0.15) is 0 Å². The second-order valence-corrected chi connectivity index (χ2v) is 17.0. The van der Waals surface area contributed by atoms with E-state index in [1.54, 1.807) is 0 Å². The van der Waals surface area contributed by atoms with Crippen molar-refractivity contribution in [2.24, 2.45) is 0 Å². The Balaban J connectivity index is 0.000000465. The molecule has 2 aromatic heterocycles. The van der Waals surface area contributed by atoms with E-state index < -0.39 is 31.3 Å². The zero-order valence-corrected chi connectivity index (χ0v) is 34.9. The van der Waals surface area contributed by atoms with Crippen molar-refractivity contribution in [1.82, 2.24) is 19.8 Å². The summed E-state index contributed by atoms with van der Waals surface area (Å²) in [7, 11) is -18.6.